The van der Waals surface area contributed by atoms with Crippen LogP contribution in [0.2, 0.25) is 0 Å². The Morgan fingerprint density at radius 3 is 1.56 bits per heavy atom. The second kappa shape index (κ2) is 13.3. The van der Waals surface area contributed by atoms with E-state index in [4.69, 9.17) is 0 Å². The number of sulfone groups is 2. The first kappa shape index (κ1) is 40.3. The molecule has 2 aliphatic heterocycles. The quantitative estimate of drug-likeness (QED) is 0.177. The first-order chi connectivity index (χ1) is 29.8. The van der Waals surface area contributed by atoms with Crippen molar-refractivity contribution in [2.75, 3.05) is 4.90 Å². The van der Waals surface area contributed by atoms with E-state index in [0.717, 1.165) is 47.4 Å². The van der Waals surface area contributed by atoms with Gasteiger partial charge in [-0.2, -0.15) is 0 Å². The average molecular weight is 903 g/mol. The molecule has 10 heteroatoms. The fourth-order valence-corrected chi connectivity index (χ4v) is 16.5. The van der Waals surface area contributed by atoms with E-state index in [0.29, 0.717) is 5.56 Å². The maximum absolute atomic E-state index is 14.1. The van der Waals surface area contributed by atoms with Crippen LogP contribution in [0.15, 0.2) is 153 Å². The predicted octanol–water partition coefficient (Wildman–Crippen LogP) is 14.4. The van der Waals surface area contributed by atoms with Gasteiger partial charge in [0.15, 0.2) is 0 Å². The third-order valence-electron chi connectivity index (χ3n) is 13.1. The lowest BCUT2D eigenvalue weighted by Gasteiger charge is -2.42. The molecule has 5 heterocycles. The van der Waals surface area contributed by atoms with Gasteiger partial charge in [-0.05, 0) is 105 Å². The Bertz CT molecular complexity index is 3550. The summed E-state index contributed by atoms with van der Waals surface area (Å²) in [5.41, 5.74) is 10.8. The first-order valence-electron chi connectivity index (χ1n) is 21.2. The van der Waals surface area contributed by atoms with Gasteiger partial charge in [0.25, 0.3) is 0 Å². The molecule has 11 rings (SSSR count). The van der Waals surface area contributed by atoms with Crippen LogP contribution in [-0.4, -0.2) is 21.4 Å². The van der Waals surface area contributed by atoms with Crippen LogP contribution in [0.1, 0.15) is 77.6 Å². The highest BCUT2D eigenvalue weighted by molar-refractivity contribution is 7.97. The van der Waals surface area contributed by atoms with Crippen LogP contribution in [-0.2, 0) is 35.9 Å². The van der Waals surface area contributed by atoms with Crippen molar-refractivity contribution in [1.82, 2.24) is 4.57 Å². The Labute approximate surface area is 376 Å². The van der Waals surface area contributed by atoms with Gasteiger partial charge in [0.2, 0.25) is 19.7 Å². The van der Waals surface area contributed by atoms with E-state index < -0.39 is 19.7 Å². The third-order valence-corrected chi connectivity index (χ3v) is 19.5. The zero-order valence-corrected chi connectivity index (χ0v) is 39.6. The minimum absolute atomic E-state index is 0.0467. The molecule has 2 aliphatic rings. The van der Waals surface area contributed by atoms with Gasteiger partial charge < -0.3 is 4.90 Å². The number of fused-ring (bicyclic) bond motifs is 8. The average Bonchev–Trinajstić information content (AvgIpc) is 3.92. The van der Waals surface area contributed by atoms with E-state index in [1.807, 2.05) is 0 Å². The number of rotatable bonds is 3. The number of benzene rings is 6. The van der Waals surface area contributed by atoms with Gasteiger partial charge in [0.05, 0.1) is 57.1 Å². The van der Waals surface area contributed by atoms with E-state index in [9.17, 15) is 16.8 Å². The molecule has 9 aromatic rings. The molecule has 0 spiro atoms. The molecule has 0 amide bonds. The van der Waals surface area contributed by atoms with Crippen molar-refractivity contribution in [2.24, 2.45) is 0 Å². The number of para-hydroxylation sites is 2. The van der Waals surface area contributed by atoms with Crippen molar-refractivity contribution in [2.45, 2.75) is 91.2 Å². The topological polar surface area (TPSA) is 76.5 Å². The van der Waals surface area contributed by atoms with E-state index in [-0.39, 0.29) is 35.8 Å². The van der Waals surface area contributed by atoms with Crippen LogP contribution in [0.25, 0.3) is 46.6 Å². The van der Waals surface area contributed by atoms with Crippen molar-refractivity contribution in [3.05, 3.63) is 156 Å². The van der Waals surface area contributed by atoms with Crippen molar-refractivity contribution in [3.63, 3.8) is 0 Å². The molecular formula is C53H46N2O4S4. The zero-order valence-electron chi connectivity index (χ0n) is 36.4. The summed E-state index contributed by atoms with van der Waals surface area (Å²) >= 11 is 3.33. The Hall–Kier alpha value is -5.52. The van der Waals surface area contributed by atoms with Gasteiger partial charge in [-0.1, -0.05) is 122 Å². The van der Waals surface area contributed by atoms with E-state index in [2.05, 4.69) is 156 Å². The molecule has 0 N–H and O–H groups in total. The van der Waals surface area contributed by atoms with Crippen molar-refractivity contribution in [3.8, 4) is 15.4 Å². The fraction of sp³-hybridized carbons (Fsp3) is 0.208. The van der Waals surface area contributed by atoms with Gasteiger partial charge in [-0.15, -0.1) is 22.7 Å². The summed E-state index contributed by atoms with van der Waals surface area (Å²) in [5, 5.41) is 3.49. The lowest BCUT2D eigenvalue weighted by molar-refractivity contribution is 0.570. The summed E-state index contributed by atoms with van der Waals surface area (Å²) in [6, 6.07) is 44.0. The molecule has 0 saturated carbocycles. The lowest BCUT2D eigenvalue weighted by Crippen LogP contribution is -2.30. The van der Waals surface area contributed by atoms with Gasteiger partial charge in [0, 0.05) is 21.1 Å². The van der Waals surface area contributed by atoms with Crippen LogP contribution in [0, 0.1) is 0 Å². The summed E-state index contributed by atoms with van der Waals surface area (Å²) in [6.07, 6.45) is 0. The number of thiophene rings is 2. The summed E-state index contributed by atoms with van der Waals surface area (Å²) in [4.78, 5) is 2.55. The number of hydrogen-bond donors (Lipinski definition) is 0. The number of anilines is 3. The normalized spacial score (nSPS) is 16.2. The lowest BCUT2D eigenvalue weighted by atomic mass is 9.73. The molecule has 0 atom stereocenters. The number of nitrogens with zero attached hydrogens (tertiary/aromatic N) is 2. The molecule has 3 aromatic heterocycles. The molecule has 0 radical (unpaired) electrons. The summed E-state index contributed by atoms with van der Waals surface area (Å²) < 4.78 is 60.4. The minimum Gasteiger partial charge on any atom is -0.306 e. The Morgan fingerprint density at radius 1 is 0.524 bits per heavy atom. The Kier molecular flexibility index (Phi) is 8.48. The summed E-state index contributed by atoms with van der Waals surface area (Å²) in [7, 11) is -8.15. The van der Waals surface area contributed by atoms with E-state index in [1.54, 1.807) is 46.9 Å². The molecule has 63 heavy (non-hydrogen) atoms. The highest BCUT2D eigenvalue weighted by Crippen LogP contribution is 2.58. The molecule has 0 unspecified atom stereocenters. The standard InChI is InChI=1S/C53H46N2O4S4/c1-51(2,3)32-22-24-38-34(28-32)35-29-33(52(4,5)6)23-25-39(35)55(38)50-48(54-40-17-11-9-15-36(40)53(7,8)37-16-10-12-18-41(37)54)49-43(61-50)30-42(60-49)31-21-26-46-47(27-31)63(58,59)45-20-14-13-19-44(45)62(46,56)57/h9-30H,1-8H3. The van der Waals surface area contributed by atoms with Gasteiger partial charge in [0.1, 0.15) is 5.00 Å². The Balaban J connectivity index is 1.22. The van der Waals surface area contributed by atoms with Crippen LogP contribution in [0.3, 0.4) is 0 Å². The molecule has 0 saturated heterocycles. The molecule has 6 nitrogen and oxygen atoms in total. The highest BCUT2D eigenvalue weighted by Gasteiger charge is 2.41. The molecule has 316 valence electrons. The molecule has 6 aromatic carbocycles. The second-order valence-electron chi connectivity index (χ2n) is 19.5. The number of hydrogen-bond acceptors (Lipinski definition) is 7. The highest BCUT2D eigenvalue weighted by atomic mass is 32.2. The largest absolute Gasteiger partial charge is 0.306 e. The maximum atomic E-state index is 14.1. The van der Waals surface area contributed by atoms with Crippen molar-refractivity contribution >= 4 is 90.6 Å². The smallest absolute Gasteiger partial charge is 0.209 e. The van der Waals surface area contributed by atoms with Crippen LogP contribution in [0.5, 0.6) is 0 Å². The van der Waals surface area contributed by atoms with E-state index in [1.165, 1.54) is 51.2 Å². The predicted molar refractivity (Wildman–Crippen MR) is 261 cm³/mol. The van der Waals surface area contributed by atoms with E-state index >= 15 is 0 Å². The zero-order chi connectivity index (χ0) is 44.2. The molecule has 0 bridgehead atoms. The van der Waals surface area contributed by atoms with Gasteiger partial charge >= 0.3 is 0 Å². The van der Waals surface area contributed by atoms with Gasteiger partial charge in [-0.3, -0.25) is 4.57 Å². The second-order valence-corrected chi connectivity index (χ2v) is 25.3. The van der Waals surface area contributed by atoms with Gasteiger partial charge in [-0.25, -0.2) is 16.8 Å². The minimum atomic E-state index is -4.11. The monoisotopic (exact) mass is 902 g/mol. The van der Waals surface area contributed by atoms with Crippen molar-refractivity contribution < 1.29 is 16.8 Å². The molecular weight excluding hydrogens is 857 g/mol. The summed E-state index contributed by atoms with van der Waals surface area (Å²) in [6.45, 7) is 18.2. The molecule has 0 fully saturated rings. The van der Waals surface area contributed by atoms with Crippen LogP contribution < -0.4 is 4.90 Å². The van der Waals surface area contributed by atoms with Crippen LogP contribution >= 0.6 is 22.7 Å². The van der Waals surface area contributed by atoms with Crippen LogP contribution in [0.4, 0.5) is 17.1 Å². The molecule has 0 aliphatic carbocycles. The third kappa shape index (κ3) is 5.77. The SMILES string of the molecule is CC(C)(C)c1ccc2c(c1)c1cc(C(C)(C)C)ccc1n2-c1sc2cc(-c3ccc4c(c3)S(=O)(=O)c3ccccc3S4(=O)=O)sc2c1N1c2ccccc2C(C)(C)c2ccccc21. The number of aromatic nitrogens is 1. The maximum Gasteiger partial charge on any atom is 0.209 e. The summed E-state index contributed by atoms with van der Waals surface area (Å²) in [5.74, 6) is 0. The van der Waals surface area contributed by atoms with Crippen molar-refractivity contribution in [1.29, 1.82) is 0 Å². The Morgan fingerprint density at radius 2 is 1.02 bits per heavy atom. The first-order valence-corrected chi connectivity index (χ1v) is 25.8. The fourth-order valence-electron chi connectivity index (χ4n) is 9.67.